The number of hydrogen-bond donors (Lipinski definition) is 1. The summed E-state index contributed by atoms with van der Waals surface area (Å²) in [5.41, 5.74) is 2.15. The fourth-order valence-electron chi connectivity index (χ4n) is 1.73. The van der Waals surface area contributed by atoms with Gasteiger partial charge >= 0.3 is 0 Å². The van der Waals surface area contributed by atoms with Crippen molar-refractivity contribution in [3.05, 3.63) is 28.8 Å². The maximum atomic E-state index is 6.05. The number of nitrogens with zero attached hydrogens (tertiary/aromatic N) is 1. The van der Waals surface area contributed by atoms with Crippen LogP contribution in [0, 0.1) is 6.92 Å². The third-order valence-corrected chi connectivity index (χ3v) is 3.13. The summed E-state index contributed by atoms with van der Waals surface area (Å²) in [5, 5.41) is 4.14. The number of nitrogens with one attached hydrogen (secondary N) is 1. The molecule has 1 heterocycles. The summed E-state index contributed by atoms with van der Waals surface area (Å²) in [6, 6.07) is 6.34. The SMILES string of the molecule is Cc1c(Cl)cccc1NC1=NC(C)CC1.Cl. The highest BCUT2D eigenvalue weighted by atomic mass is 35.5. The van der Waals surface area contributed by atoms with E-state index in [1.54, 1.807) is 0 Å². The number of halogens is 2. The lowest BCUT2D eigenvalue weighted by Crippen LogP contribution is -2.09. The average molecular weight is 259 g/mol. The topological polar surface area (TPSA) is 24.4 Å². The first-order valence-corrected chi connectivity index (χ1v) is 5.63. The number of amidine groups is 1. The van der Waals surface area contributed by atoms with Gasteiger partial charge in [0, 0.05) is 23.2 Å². The molecule has 88 valence electrons. The van der Waals surface area contributed by atoms with Crippen LogP contribution in [0.5, 0.6) is 0 Å². The minimum atomic E-state index is 0. The van der Waals surface area contributed by atoms with Crippen molar-refractivity contribution in [1.29, 1.82) is 0 Å². The monoisotopic (exact) mass is 258 g/mol. The van der Waals surface area contributed by atoms with Crippen LogP contribution in [0.15, 0.2) is 23.2 Å². The van der Waals surface area contributed by atoms with Crippen molar-refractivity contribution in [1.82, 2.24) is 0 Å². The summed E-state index contributed by atoms with van der Waals surface area (Å²) in [4.78, 5) is 4.52. The van der Waals surface area contributed by atoms with Crippen LogP contribution in [0.25, 0.3) is 0 Å². The van der Waals surface area contributed by atoms with E-state index >= 15 is 0 Å². The van der Waals surface area contributed by atoms with Gasteiger partial charge in [0.1, 0.15) is 5.84 Å². The molecule has 0 aliphatic carbocycles. The van der Waals surface area contributed by atoms with Crippen molar-refractivity contribution >= 4 is 35.5 Å². The maximum absolute atomic E-state index is 6.05. The minimum Gasteiger partial charge on any atom is -0.344 e. The fraction of sp³-hybridized carbons (Fsp3) is 0.417. The second-order valence-corrected chi connectivity index (χ2v) is 4.41. The molecule has 2 rings (SSSR count). The minimum absolute atomic E-state index is 0. The molecule has 1 aromatic rings. The number of benzene rings is 1. The zero-order valence-corrected chi connectivity index (χ0v) is 11.0. The van der Waals surface area contributed by atoms with Gasteiger partial charge in [0.2, 0.25) is 0 Å². The third-order valence-electron chi connectivity index (χ3n) is 2.72. The Morgan fingerprint density at radius 1 is 1.44 bits per heavy atom. The predicted molar refractivity (Wildman–Crippen MR) is 73.2 cm³/mol. The van der Waals surface area contributed by atoms with Crippen LogP contribution in [0.3, 0.4) is 0 Å². The van der Waals surface area contributed by atoms with Gasteiger partial charge in [0.05, 0.1) is 0 Å². The Balaban J connectivity index is 0.00000128. The fourth-order valence-corrected chi connectivity index (χ4v) is 1.91. The molecule has 0 bridgehead atoms. The van der Waals surface area contributed by atoms with E-state index in [1.807, 2.05) is 25.1 Å². The van der Waals surface area contributed by atoms with E-state index in [0.29, 0.717) is 6.04 Å². The van der Waals surface area contributed by atoms with Gasteiger partial charge in [-0.3, -0.25) is 4.99 Å². The van der Waals surface area contributed by atoms with Crippen LogP contribution in [0.1, 0.15) is 25.3 Å². The van der Waals surface area contributed by atoms with Gasteiger partial charge in [-0.05, 0) is 38.0 Å². The smallest absolute Gasteiger partial charge is 0.101 e. The summed E-state index contributed by atoms with van der Waals surface area (Å²) < 4.78 is 0. The van der Waals surface area contributed by atoms with Crippen LogP contribution in [-0.2, 0) is 0 Å². The maximum Gasteiger partial charge on any atom is 0.101 e. The van der Waals surface area contributed by atoms with Crippen molar-refractivity contribution in [3.63, 3.8) is 0 Å². The van der Waals surface area contributed by atoms with Gasteiger partial charge in [0.15, 0.2) is 0 Å². The number of anilines is 1. The molecule has 0 aromatic heterocycles. The van der Waals surface area contributed by atoms with Crippen LogP contribution in [0.4, 0.5) is 5.69 Å². The second kappa shape index (κ2) is 5.55. The second-order valence-electron chi connectivity index (χ2n) is 4.00. The molecule has 1 aliphatic rings. The standard InChI is InChI=1S/C12H15ClN2.ClH/c1-8-6-7-12(14-8)15-11-5-3-4-10(13)9(11)2;/h3-5,8H,6-7H2,1-2H3,(H,14,15);1H. The predicted octanol–water partition coefficient (Wildman–Crippen LogP) is 4.06. The molecule has 0 amide bonds. The van der Waals surface area contributed by atoms with Crippen LogP contribution in [0.2, 0.25) is 5.02 Å². The largest absolute Gasteiger partial charge is 0.344 e. The Morgan fingerprint density at radius 3 is 2.81 bits per heavy atom. The molecule has 0 spiro atoms. The van der Waals surface area contributed by atoms with Gasteiger partial charge in [-0.15, -0.1) is 12.4 Å². The summed E-state index contributed by atoms with van der Waals surface area (Å²) in [6.45, 7) is 4.16. The third kappa shape index (κ3) is 2.89. The summed E-state index contributed by atoms with van der Waals surface area (Å²) >= 11 is 6.05. The quantitative estimate of drug-likeness (QED) is 0.807. The van der Waals surface area contributed by atoms with Crippen molar-refractivity contribution < 1.29 is 0 Å². The van der Waals surface area contributed by atoms with Gasteiger partial charge in [-0.25, -0.2) is 0 Å². The molecular formula is C12H16Cl2N2. The van der Waals surface area contributed by atoms with E-state index in [4.69, 9.17) is 11.6 Å². The van der Waals surface area contributed by atoms with Crippen molar-refractivity contribution in [2.45, 2.75) is 32.7 Å². The van der Waals surface area contributed by atoms with Crippen molar-refractivity contribution in [3.8, 4) is 0 Å². The number of hydrogen-bond acceptors (Lipinski definition) is 2. The Kier molecular flexibility index (Phi) is 4.63. The molecule has 1 atom stereocenters. The van der Waals surface area contributed by atoms with Crippen molar-refractivity contribution in [2.75, 3.05) is 5.32 Å². The lowest BCUT2D eigenvalue weighted by Gasteiger charge is -2.09. The molecular weight excluding hydrogens is 243 g/mol. The van der Waals surface area contributed by atoms with E-state index in [2.05, 4.69) is 17.2 Å². The lowest BCUT2D eigenvalue weighted by atomic mass is 10.2. The molecule has 1 N–H and O–H groups in total. The average Bonchev–Trinajstić information content (AvgIpc) is 2.59. The van der Waals surface area contributed by atoms with E-state index in [1.165, 1.54) is 0 Å². The van der Waals surface area contributed by atoms with E-state index < -0.39 is 0 Å². The zero-order chi connectivity index (χ0) is 10.8. The summed E-state index contributed by atoms with van der Waals surface area (Å²) in [7, 11) is 0. The van der Waals surface area contributed by atoms with Gasteiger partial charge < -0.3 is 5.32 Å². The lowest BCUT2D eigenvalue weighted by molar-refractivity contribution is 0.739. The Morgan fingerprint density at radius 2 is 2.19 bits per heavy atom. The van der Waals surface area contributed by atoms with E-state index in [9.17, 15) is 0 Å². The Hall–Kier alpha value is -0.730. The zero-order valence-electron chi connectivity index (χ0n) is 9.46. The number of rotatable bonds is 1. The molecule has 0 radical (unpaired) electrons. The Labute approximate surface area is 108 Å². The highest BCUT2D eigenvalue weighted by molar-refractivity contribution is 6.31. The molecule has 1 aliphatic heterocycles. The van der Waals surface area contributed by atoms with Crippen LogP contribution >= 0.6 is 24.0 Å². The highest BCUT2D eigenvalue weighted by Gasteiger charge is 2.13. The summed E-state index contributed by atoms with van der Waals surface area (Å²) in [5.74, 6) is 1.08. The first-order valence-electron chi connectivity index (χ1n) is 5.25. The first kappa shape index (κ1) is 13.3. The highest BCUT2D eigenvalue weighted by Crippen LogP contribution is 2.24. The summed E-state index contributed by atoms with van der Waals surface area (Å²) in [6.07, 6.45) is 2.18. The Bertz CT molecular complexity index is 402. The molecule has 0 saturated heterocycles. The molecule has 1 unspecified atom stereocenters. The van der Waals surface area contributed by atoms with Crippen LogP contribution < -0.4 is 5.32 Å². The molecule has 1 aromatic carbocycles. The van der Waals surface area contributed by atoms with Crippen molar-refractivity contribution in [2.24, 2.45) is 4.99 Å². The van der Waals surface area contributed by atoms with E-state index in [-0.39, 0.29) is 12.4 Å². The van der Waals surface area contributed by atoms with Crippen LogP contribution in [-0.4, -0.2) is 11.9 Å². The molecule has 2 nitrogen and oxygen atoms in total. The molecule has 0 saturated carbocycles. The van der Waals surface area contributed by atoms with Gasteiger partial charge in [-0.2, -0.15) is 0 Å². The normalized spacial score (nSPS) is 18.9. The first-order chi connectivity index (χ1) is 7.16. The van der Waals surface area contributed by atoms with Gasteiger partial charge in [-0.1, -0.05) is 17.7 Å². The molecule has 4 heteroatoms. The van der Waals surface area contributed by atoms with Gasteiger partial charge in [0.25, 0.3) is 0 Å². The molecule has 16 heavy (non-hydrogen) atoms. The number of aliphatic imine (C=N–C) groups is 1. The van der Waals surface area contributed by atoms with E-state index in [0.717, 1.165) is 35.0 Å². The molecule has 0 fully saturated rings.